The molecule has 0 spiro atoms. The van der Waals surface area contributed by atoms with Gasteiger partial charge in [-0.3, -0.25) is 0 Å². The van der Waals surface area contributed by atoms with E-state index in [0.29, 0.717) is 6.42 Å². The highest BCUT2D eigenvalue weighted by Crippen LogP contribution is 2.22. The van der Waals surface area contributed by atoms with Gasteiger partial charge in [-0.2, -0.15) is 0 Å². The van der Waals surface area contributed by atoms with Crippen LogP contribution in [-0.2, 0) is 10.0 Å². The first kappa shape index (κ1) is 14.8. The smallest absolute Gasteiger partial charge is 0.251 e. The van der Waals surface area contributed by atoms with Crippen molar-refractivity contribution in [3.63, 3.8) is 0 Å². The Bertz CT molecular complexity index is 470. The Labute approximate surface area is 110 Å². The zero-order chi connectivity index (χ0) is 13.1. The number of sulfonamides is 1. The number of nitrogens with one attached hydrogen (secondary N) is 1. The van der Waals surface area contributed by atoms with Crippen LogP contribution in [0.4, 0.5) is 0 Å². The summed E-state index contributed by atoms with van der Waals surface area (Å²) in [5, 5.41) is 9.86. The molecule has 0 saturated heterocycles. The third-order valence-corrected chi connectivity index (χ3v) is 5.13. The Hall–Kier alpha value is -0.210. The van der Waals surface area contributed by atoms with Crippen LogP contribution in [0.2, 0.25) is 4.47 Å². The van der Waals surface area contributed by atoms with Gasteiger partial charge in [0.15, 0.2) is 8.68 Å². The van der Waals surface area contributed by atoms with Gasteiger partial charge in [0, 0.05) is 6.54 Å². The minimum Gasteiger partial charge on any atom is -0.389 e. The second kappa shape index (κ2) is 5.62. The average Bonchev–Trinajstić information content (AvgIpc) is 2.63. The number of aromatic nitrogens is 1. The molecule has 0 aliphatic carbocycles. The van der Waals surface area contributed by atoms with Crippen LogP contribution in [0.5, 0.6) is 0 Å². The molecule has 0 aliphatic heterocycles. The number of hydrogen-bond donors (Lipinski definition) is 2. The molecule has 0 radical (unpaired) electrons. The van der Waals surface area contributed by atoms with Crippen LogP contribution in [0, 0.1) is 0 Å². The second-order valence-corrected chi connectivity index (χ2v) is 7.61. The summed E-state index contributed by atoms with van der Waals surface area (Å²) in [4.78, 5) is 3.67. The van der Waals surface area contributed by atoms with Gasteiger partial charge in [0.05, 0.1) is 11.8 Å². The molecular formula is C9H15ClN2O3S2. The molecule has 0 aromatic carbocycles. The fraction of sp³-hybridized carbons (Fsp3) is 0.667. The topological polar surface area (TPSA) is 79.3 Å². The van der Waals surface area contributed by atoms with Crippen molar-refractivity contribution in [1.82, 2.24) is 9.71 Å². The van der Waals surface area contributed by atoms with E-state index in [-0.39, 0.29) is 15.2 Å². The van der Waals surface area contributed by atoms with Gasteiger partial charge in [-0.05, 0) is 13.3 Å². The molecule has 1 aromatic heterocycles. The van der Waals surface area contributed by atoms with E-state index in [1.165, 1.54) is 6.20 Å². The van der Waals surface area contributed by atoms with Gasteiger partial charge in [-0.1, -0.05) is 36.3 Å². The SMILES string of the molecule is CCCC(C)(O)CNS(=O)(=O)c1cnc(Cl)s1. The van der Waals surface area contributed by atoms with Crippen LogP contribution >= 0.6 is 22.9 Å². The molecule has 1 unspecified atom stereocenters. The van der Waals surface area contributed by atoms with Crippen molar-refractivity contribution in [2.24, 2.45) is 0 Å². The van der Waals surface area contributed by atoms with Crippen LogP contribution in [0.25, 0.3) is 0 Å². The highest BCUT2D eigenvalue weighted by Gasteiger charge is 2.24. The van der Waals surface area contributed by atoms with E-state index >= 15 is 0 Å². The Morgan fingerprint density at radius 3 is 2.76 bits per heavy atom. The van der Waals surface area contributed by atoms with Crippen LogP contribution in [0.15, 0.2) is 10.4 Å². The molecule has 0 fully saturated rings. The van der Waals surface area contributed by atoms with Gasteiger partial charge in [-0.25, -0.2) is 18.1 Å². The van der Waals surface area contributed by atoms with Crippen molar-refractivity contribution in [3.05, 3.63) is 10.7 Å². The van der Waals surface area contributed by atoms with E-state index < -0.39 is 15.6 Å². The highest BCUT2D eigenvalue weighted by atomic mass is 35.5. The molecule has 1 rings (SSSR count). The Morgan fingerprint density at radius 1 is 1.65 bits per heavy atom. The summed E-state index contributed by atoms with van der Waals surface area (Å²) < 4.78 is 26.1. The lowest BCUT2D eigenvalue weighted by atomic mass is 10.0. The summed E-state index contributed by atoms with van der Waals surface area (Å²) in [6.07, 6.45) is 2.50. The molecule has 2 N–H and O–H groups in total. The van der Waals surface area contributed by atoms with E-state index in [4.69, 9.17) is 11.6 Å². The fourth-order valence-electron chi connectivity index (χ4n) is 1.31. The lowest BCUT2D eigenvalue weighted by molar-refractivity contribution is 0.0554. The molecule has 17 heavy (non-hydrogen) atoms. The molecule has 1 aromatic rings. The van der Waals surface area contributed by atoms with E-state index in [1.54, 1.807) is 6.92 Å². The van der Waals surface area contributed by atoms with Crippen molar-refractivity contribution in [2.45, 2.75) is 36.5 Å². The minimum absolute atomic E-state index is 0.0291. The maximum Gasteiger partial charge on any atom is 0.251 e. The van der Waals surface area contributed by atoms with E-state index in [0.717, 1.165) is 17.8 Å². The summed E-state index contributed by atoms with van der Waals surface area (Å²) in [6, 6.07) is 0. The first-order valence-corrected chi connectivity index (χ1v) is 7.78. The molecule has 1 heterocycles. The lowest BCUT2D eigenvalue weighted by Gasteiger charge is -2.22. The van der Waals surface area contributed by atoms with E-state index in [9.17, 15) is 13.5 Å². The normalized spacial score (nSPS) is 15.8. The largest absolute Gasteiger partial charge is 0.389 e. The predicted octanol–water partition coefficient (Wildman–Crippen LogP) is 1.63. The maximum atomic E-state index is 11.8. The molecule has 0 amide bonds. The monoisotopic (exact) mass is 298 g/mol. The van der Waals surface area contributed by atoms with Crippen molar-refractivity contribution >= 4 is 33.0 Å². The van der Waals surface area contributed by atoms with Gasteiger partial charge in [0.25, 0.3) is 10.0 Å². The number of nitrogens with zero attached hydrogens (tertiary/aromatic N) is 1. The molecule has 0 aliphatic rings. The zero-order valence-electron chi connectivity index (χ0n) is 9.60. The summed E-state index contributed by atoms with van der Waals surface area (Å²) in [7, 11) is -3.63. The summed E-state index contributed by atoms with van der Waals surface area (Å²) in [5.41, 5.74) is -1.05. The molecule has 0 saturated carbocycles. The second-order valence-electron chi connectivity index (χ2n) is 4.00. The Morgan fingerprint density at radius 2 is 2.29 bits per heavy atom. The van der Waals surface area contributed by atoms with Gasteiger partial charge in [-0.15, -0.1) is 0 Å². The third kappa shape index (κ3) is 4.51. The van der Waals surface area contributed by atoms with E-state index in [1.807, 2.05) is 6.92 Å². The standard InChI is InChI=1S/C9H15ClN2O3S2/c1-3-4-9(2,13)6-12-17(14,15)7-5-11-8(10)16-7/h5,12-13H,3-4,6H2,1-2H3. The van der Waals surface area contributed by atoms with Crippen molar-refractivity contribution in [2.75, 3.05) is 6.54 Å². The summed E-state index contributed by atoms with van der Waals surface area (Å²) >= 11 is 6.45. The molecule has 5 nitrogen and oxygen atoms in total. The number of aliphatic hydroxyl groups is 1. The molecular weight excluding hydrogens is 284 g/mol. The Kier molecular flexibility index (Phi) is 4.91. The Balaban J connectivity index is 2.69. The van der Waals surface area contributed by atoms with Gasteiger partial charge >= 0.3 is 0 Å². The number of rotatable bonds is 6. The van der Waals surface area contributed by atoms with Crippen LogP contribution in [0.1, 0.15) is 26.7 Å². The fourth-order valence-corrected chi connectivity index (χ4v) is 3.81. The number of hydrogen-bond acceptors (Lipinski definition) is 5. The molecule has 0 bridgehead atoms. The van der Waals surface area contributed by atoms with Gasteiger partial charge in [0.2, 0.25) is 0 Å². The van der Waals surface area contributed by atoms with Gasteiger partial charge < -0.3 is 5.11 Å². The first-order chi connectivity index (χ1) is 7.77. The number of halogens is 1. The summed E-state index contributed by atoms with van der Waals surface area (Å²) in [5.74, 6) is 0. The van der Waals surface area contributed by atoms with Crippen LogP contribution < -0.4 is 4.72 Å². The van der Waals surface area contributed by atoms with Crippen LogP contribution in [-0.4, -0.2) is 30.7 Å². The van der Waals surface area contributed by atoms with Crippen molar-refractivity contribution < 1.29 is 13.5 Å². The predicted molar refractivity (Wildman–Crippen MR) is 67.8 cm³/mol. The zero-order valence-corrected chi connectivity index (χ0v) is 12.0. The molecule has 98 valence electrons. The quantitative estimate of drug-likeness (QED) is 0.836. The number of thiazole rings is 1. The van der Waals surface area contributed by atoms with Crippen LogP contribution in [0.3, 0.4) is 0 Å². The molecule has 8 heteroatoms. The first-order valence-electron chi connectivity index (χ1n) is 5.10. The third-order valence-electron chi connectivity index (χ3n) is 2.15. The summed E-state index contributed by atoms with van der Waals surface area (Å²) in [6.45, 7) is 3.49. The average molecular weight is 299 g/mol. The lowest BCUT2D eigenvalue weighted by Crippen LogP contribution is -2.40. The minimum atomic E-state index is -3.63. The van der Waals surface area contributed by atoms with E-state index in [2.05, 4.69) is 9.71 Å². The van der Waals surface area contributed by atoms with Gasteiger partial charge in [0.1, 0.15) is 0 Å². The van der Waals surface area contributed by atoms with Crippen molar-refractivity contribution in [1.29, 1.82) is 0 Å². The maximum absolute atomic E-state index is 11.8. The highest BCUT2D eigenvalue weighted by molar-refractivity contribution is 7.91. The molecule has 1 atom stereocenters. The van der Waals surface area contributed by atoms with Crippen molar-refractivity contribution in [3.8, 4) is 0 Å².